The monoisotopic (exact) mass is 599 g/mol. The molecule has 0 heterocycles. The molecule has 0 spiro atoms. The number of aliphatic hydroxyl groups is 1. The number of nitrogens with two attached hydrogens (primary N) is 2. The predicted molar refractivity (Wildman–Crippen MR) is 161 cm³/mol. The summed E-state index contributed by atoms with van der Waals surface area (Å²) in [7, 11) is 1.42. The van der Waals surface area contributed by atoms with E-state index < -0.39 is 23.1 Å². The van der Waals surface area contributed by atoms with Crippen molar-refractivity contribution in [2.45, 2.75) is 64.6 Å². The summed E-state index contributed by atoms with van der Waals surface area (Å²) in [6, 6.07) is 6.06. The fourth-order valence-corrected chi connectivity index (χ4v) is 9.95. The summed E-state index contributed by atoms with van der Waals surface area (Å²) in [4.78, 5) is 31.5. The minimum absolute atomic E-state index is 0.0523. The number of aliphatic imine (C=N–C) groups is 1. The first kappa shape index (κ1) is 30.9. The quantitative estimate of drug-likeness (QED) is 0.318. The minimum Gasteiger partial charge on any atom is -0.447 e. The molecule has 5 rings (SSSR count). The second kappa shape index (κ2) is 11.5. The molecule has 3 fully saturated rings. The molecule has 1 aromatic carbocycles. The number of hydrogen-bond donors (Lipinski definition) is 3. The molecule has 1 aromatic rings. The van der Waals surface area contributed by atoms with Crippen molar-refractivity contribution in [1.29, 1.82) is 0 Å². The SMILES string of the molecule is COCC(=O)O[C@]1(C(=O)SCN)[C@H](C)CC2[C@@H]3CCC4=CC(=Nc5ccc(F)cc5)C(=CN)C[C@]4(C)C3[C@@H](O)C[C@@]21C. The Balaban J connectivity index is 1.53. The zero-order valence-electron chi connectivity index (χ0n) is 24.8. The lowest BCUT2D eigenvalue weighted by Gasteiger charge is -2.61. The van der Waals surface area contributed by atoms with Crippen LogP contribution in [0.15, 0.2) is 52.7 Å². The summed E-state index contributed by atoms with van der Waals surface area (Å²) < 4.78 is 24.6. The number of carbonyl (C=O) groups is 2. The highest BCUT2D eigenvalue weighted by atomic mass is 32.2. The maximum absolute atomic E-state index is 13.8. The Bertz CT molecular complexity index is 1330. The van der Waals surface area contributed by atoms with E-state index in [-0.39, 0.29) is 52.5 Å². The van der Waals surface area contributed by atoms with E-state index in [2.05, 4.69) is 13.0 Å². The van der Waals surface area contributed by atoms with Gasteiger partial charge in [0.05, 0.1) is 17.5 Å². The lowest BCUT2D eigenvalue weighted by Crippen LogP contribution is -2.63. The molecule has 10 heteroatoms. The summed E-state index contributed by atoms with van der Waals surface area (Å²) >= 11 is 0.973. The topological polar surface area (TPSA) is 137 Å². The van der Waals surface area contributed by atoms with Crippen LogP contribution in [0.3, 0.4) is 0 Å². The van der Waals surface area contributed by atoms with E-state index in [1.54, 1.807) is 18.3 Å². The van der Waals surface area contributed by atoms with Crippen LogP contribution in [0.25, 0.3) is 0 Å². The van der Waals surface area contributed by atoms with Crippen molar-refractivity contribution in [2.24, 2.45) is 51.0 Å². The smallest absolute Gasteiger partial charge is 0.333 e. The van der Waals surface area contributed by atoms with Crippen LogP contribution in [-0.4, -0.2) is 53.2 Å². The third-order valence-corrected chi connectivity index (χ3v) is 11.5. The zero-order chi connectivity index (χ0) is 30.4. The van der Waals surface area contributed by atoms with Gasteiger partial charge < -0.3 is 26.0 Å². The highest BCUT2D eigenvalue weighted by Gasteiger charge is 2.73. The van der Waals surface area contributed by atoms with Gasteiger partial charge in [-0.05, 0) is 97.4 Å². The van der Waals surface area contributed by atoms with Crippen LogP contribution in [0.2, 0.25) is 0 Å². The second-order valence-electron chi connectivity index (χ2n) is 12.8. The molecule has 0 amide bonds. The van der Waals surface area contributed by atoms with Crippen LogP contribution >= 0.6 is 11.8 Å². The van der Waals surface area contributed by atoms with E-state index in [1.807, 2.05) is 13.8 Å². The number of benzene rings is 1. The van der Waals surface area contributed by atoms with Crippen LogP contribution in [0.5, 0.6) is 0 Å². The van der Waals surface area contributed by atoms with E-state index in [4.69, 9.17) is 25.9 Å². The largest absolute Gasteiger partial charge is 0.447 e. The molecule has 2 unspecified atom stereocenters. The third kappa shape index (κ3) is 4.75. The lowest BCUT2D eigenvalue weighted by molar-refractivity contribution is -0.203. The number of fused-ring (bicyclic) bond motifs is 5. The molecule has 0 aromatic heterocycles. The maximum atomic E-state index is 13.8. The first-order valence-corrected chi connectivity index (χ1v) is 15.7. The van der Waals surface area contributed by atoms with Gasteiger partial charge in [0.15, 0.2) is 5.60 Å². The molecule has 0 aliphatic heterocycles. The number of halogens is 1. The molecule has 3 saturated carbocycles. The number of esters is 1. The van der Waals surface area contributed by atoms with E-state index in [0.717, 1.165) is 35.9 Å². The van der Waals surface area contributed by atoms with Crippen molar-refractivity contribution in [3.05, 3.63) is 53.5 Å². The van der Waals surface area contributed by atoms with Gasteiger partial charge >= 0.3 is 5.97 Å². The number of methoxy groups -OCH3 is 1. The Kier molecular flexibility index (Phi) is 8.48. The van der Waals surface area contributed by atoms with E-state index in [9.17, 15) is 19.1 Å². The van der Waals surface area contributed by atoms with Gasteiger partial charge in [-0.15, -0.1) is 0 Å². The van der Waals surface area contributed by atoms with E-state index in [1.165, 1.54) is 24.8 Å². The Morgan fingerprint density at radius 2 is 1.98 bits per heavy atom. The summed E-state index contributed by atoms with van der Waals surface area (Å²) in [5, 5.41) is 11.8. The molecule has 5 N–H and O–H groups in total. The standard InChI is InChI=1S/C32H42FN3O5S/c1-18-11-24-23-10-5-20-12-25(36-22-8-6-21(33)7-9-22)19(15-34)13-30(20,2)28(23)26(37)14-31(24,3)32(18,29(39)42-17-35)41-27(38)16-40-4/h6-9,12,15,18,23-24,26,28,37H,5,10-11,13-14,16-17,34-35H2,1-4H3/t18-,23+,24?,26+,28?,30+,31+,32+/m1/s1. The summed E-state index contributed by atoms with van der Waals surface area (Å²) in [5.74, 6) is -1.00. The number of rotatable bonds is 6. The molecule has 0 bridgehead atoms. The van der Waals surface area contributed by atoms with Crippen molar-refractivity contribution in [2.75, 3.05) is 19.6 Å². The molecule has 0 radical (unpaired) electrons. The molecule has 228 valence electrons. The first-order valence-electron chi connectivity index (χ1n) is 14.7. The Morgan fingerprint density at radius 1 is 1.26 bits per heavy atom. The molecular formula is C32H42FN3O5S. The Labute approximate surface area is 251 Å². The number of nitrogens with zero attached hydrogens (tertiary/aromatic N) is 1. The molecule has 8 atom stereocenters. The van der Waals surface area contributed by atoms with Gasteiger partial charge in [0.25, 0.3) is 0 Å². The van der Waals surface area contributed by atoms with Crippen molar-refractivity contribution >= 4 is 34.2 Å². The minimum atomic E-state index is -1.41. The van der Waals surface area contributed by atoms with Crippen LogP contribution < -0.4 is 11.5 Å². The van der Waals surface area contributed by atoms with Gasteiger partial charge in [-0.1, -0.05) is 38.1 Å². The third-order valence-electron chi connectivity index (χ3n) is 10.7. The fraction of sp³-hybridized carbons (Fsp3) is 0.594. The van der Waals surface area contributed by atoms with Crippen molar-refractivity contribution in [3.63, 3.8) is 0 Å². The van der Waals surface area contributed by atoms with Crippen LogP contribution in [0.1, 0.15) is 52.9 Å². The van der Waals surface area contributed by atoms with Crippen molar-refractivity contribution in [3.8, 4) is 0 Å². The molecule has 0 saturated heterocycles. The molecule has 4 aliphatic carbocycles. The highest BCUT2D eigenvalue weighted by molar-refractivity contribution is 8.13. The van der Waals surface area contributed by atoms with Gasteiger partial charge in [0.2, 0.25) is 5.12 Å². The number of carbonyl (C=O) groups excluding carboxylic acids is 2. The molecule has 4 aliphatic rings. The zero-order valence-corrected chi connectivity index (χ0v) is 25.6. The van der Waals surface area contributed by atoms with Gasteiger partial charge in [-0.25, -0.2) is 14.2 Å². The highest BCUT2D eigenvalue weighted by Crippen LogP contribution is 2.70. The molecule has 42 heavy (non-hydrogen) atoms. The molecular weight excluding hydrogens is 557 g/mol. The Morgan fingerprint density at radius 3 is 2.62 bits per heavy atom. The normalized spacial score (nSPS) is 39.3. The lowest BCUT2D eigenvalue weighted by atomic mass is 9.45. The van der Waals surface area contributed by atoms with Crippen LogP contribution in [-0.2, 0) is 19.1 Å². The summed E-state index contributed by atoms with van der Waals surface area (Å²) in [6.07, 6.45) is 6.23. The number of aliphatic hydroxyl groups excluding tert-OH is 1. The Hall–Kier alpha value is -2.53. The van der Waals surface area contributed by atoms with Gasteiger partial charge in [0.1, 0.15) is 12.4 Å². The van der Waals surface area contributed by atoms with E-state index in [0.29, 0.717) is 24.9 Å². The number of ether oxygens (including phenoxy) is 2. The first-order chi connectivity index (χ1) is 19.9. The van der Waals surface area contributed by atoms with E-state index >= 15 is 0 Å². The van der Waals surface area contributed by atoms with Gasteiger partial charge in [0, 0.05) is 24.3 Å². The van der Waals surface area contributed by atoms with Crippen molar-refractivity contribution < 1.29 is 28.6 Å². The number of thioether (sulfide) groups is 1. The maximum Gasteiger partial charge on any atom is 0.333 e. The fourth-order valence-electron chi connectivity index (χ4n) is 9.11. The van der Waals surface area contributed by atoms with Crippen LogP contribution in [0, 0.1) is 40.3 Å². The summed E-state index contributed by atoms with van der Waals surface area (Å²) in [5.41, 5.74) is 12.9. The average Bonchev–Trinajstić information content (AvgIpc) is 3.16. The number of hydrogen-bond acceptors (Lipinski definition) is 9. The second-order valence-corrected chi connectivity index (χ2v) is 13.8. The van der Waals surface area contributed by atoms with Crippen molar-refractivity contribution in [1.82, 2.24) is 0 Å². The van der Waals surface area contributed by atoms with Gasteiger partial charge in [-0.2, -0.15) is 0 Å². The average molecular weight is 600 g/mol. The molecule has 8 nitrogen and oxygen atoms in total. The van der Waals surface area contributed by atoms with Gasteiger partial charge in [-0.3, -0.25) is 4.79 Å². The summed E-state index contributed by atoms with van der Waals surface area (Å²) in [6.45, 7) is 5.94. The number of allylic oxidation sites excluding steroid dienone is 3. The predicted octanol–water partition coefficient (Wildman–Crippen LogP) is 4.63. The van der Waals surface area contributed by atoms with Crippen LogP contribution in [0.4, 0.5) is 10.1 Å².